The van der Waals surface area contributed by atoms with Gasteiger partial charge in [-0.25, -0.2) is 0 Å². The maximum Gasteiger partial charge on any atom is 0.0665 e. The Bertz CT molecular complexity index is 494. The zero-order chi connectivity index (χ0) is 10.3. The van der Waals surface area contributed by atoms with Crippen molar-refractivity contribution in [3.05, 3.63) is 59.5 Å². The van der Waals surface area contributed by atoms with Crippen molar-refractivity contribution in [2.75, 3.05) is 0 Å². The lowest BCUT2D eigenvalue weighted by Crippen LogP contribution is -2.24. The Kier molecular flexibility index (Phi) is 1.69. The second-order valence-electron chi connectivity index (χ2n) is 4.46. The van der Waals surface area contributed by atoms with Gasteiger partial charge in [0.2, 0.25) is 0 Å². The highest BCUT2D eigenvalue weighted by atomic mass is 14.7. The van der Waals surface area contributed by atoms with Gasteiger partial charge in [-0.1, -0.05) is 37.3 Å². The van der Waals surface area contributed by atoms with Crippen LogP contribution in [0.25, 0.3) is 6.08 Å². The maximum atomic E-state index is 4.41. The Labute approximate surface area is 89.9 Å². The molecule has 1 heterocycles. The van der Waals surface area contributed by atoms with Crippen LogP contribution >= 0.6 is 0 Å². The lowest BCUT2D eigenvalue weighted by Gasteiger charge is -2.33. The fourth-order valence-corrected chi connectivity index (χ4v) is 2.36. The highest BCUT2D eigenvalue weighted by Crippen LogP contribution is 2.41. The van der Waals surface area contributed by atoms with E-state index in [0.29, 0.717) is 0 Å². The van der Waals surface area contributed by atoms with Crippen molar-refractivity contribution in [2.45, 2.75) is 13.3 Å². The highest BCUT2D eigenvalue weighted by molar-refractivity contribution is 5.63. The predicted molar refractivity (Wildman–Crippen MR) is 62.3 cm³/mol. The summed E-state index contributed by atoms with van der Waals surface area (Å²) in [4.78, 5) is 4.41. The molecule has 2 aliphatic carbocycles. The Morgan fingerprint density at radius 1 is 1.33 bits per heavy atom. The summed E-state index contributed by atoms with van der Waals surface area (Å²) in [6.07, 6.45) is 13.8. The molecular weight excluding hydrogens is 182 g/mol. The van der Waals surface area contributed by atoms with Gasteiger partial charge in [-0.2, -0.15) is 0 Å². The standard InChI is InChI=1S/C14H13N/c1-14-7-3-2-6-12(14)9-13-11(10-14)5-4-8-15-13/h2-9H,10H2,1H3. The molecule has 1 nitrogen and oxygen atoms in total. The Morgan fingerprint density at radius 3 is 3.20 bits per heavy atom. The van der Waals surface area contributed by atoms with Crippen molar-refractivity contribution in [1.82, 2.24) is 4.98 Å². The van der Waals surface area contributed by atoms with E-state index >= 15 is 0 Å². The summed E-state index contributed by atoms with van der Waals surface area (Å²) in [5.41, 5.74) is 4.02. The molecule has 0 aromatic carbocycles. The van der Waals surface area contributed by atoms with Gasteiger partial charge in [-0.15, -0.1) is 0 Å². The fraction of sp³-hybridized carbons (Fsp3) is 0.214. The van der Waals surface area contributed by atoms with Gasteiger partial charge in [0, 0.05) is 11.6 Å². The minimum absolute atomic E-state index is 0.171. The summed E-state index contributed by atoms with van der Waals surface area (Å²) in [5.74, 6) is 0. The van der Waals surface area contributed by atoms with E-state index in [9.17, 15) is 0 Å². The van der Waals surface area contributed by atoms with Gasteiger partial charge < -0.3 is 0 Å². The number of allylic oxidation sites excluding steroid dienone is 5. The Hall–Kier alpha value is -1.63. The first-order valence-corrected chi connectivity index (χ1v) is 5.30. The van der Waals surface area contributed by atoms with E-state index in [1.165, 1.54) is 11.1 Å². The molecule has 0 fully saturated rings. The van der Waals surface area contributed by atoms with Crippen LogP contribution in [0.5, 0.6) is 0 Å². The van der Waals surface area contributed by atoms with E-state index in [4.69, 9.17) is 0 Å². The monoisotopic (exact) mass is 195 g/mol. The normalized spacial score (nSPS) is 26.9. The van der Waals surface area contributed by atoms with Crippen LogP contribution in [0.4, 0.5) is 0 Å². The minimum atomic E-state index is 0.171. The van der Waals surface area contributed by atoms with Crippen LogP contribution in [0.3, 0.4) is 0 Å². The number of hydrogen-bond acceptors (Lipinski definition) is 1. The Morgan fingerprint density at radius 2 is 2.27 bits per heavy atom. The van der Waals surface area contributed by atoms with Crippen molar-refractivity contribution in [1.29, 1.82) is 0 Å². The summed E-state index contributed by atoms with van der Waals surface area (Å²) in [5, 5.41) is 0. The maximum absolute atomic E-state index is 4.41. The lowest BCUT2D eigenvalue weighted by atomic mass is 9.71. The molecule has 1 aromatic rings. The van der Waals surface area contributed by atoms with Gasteiger partial charge in [0.15, 0.2) is 0 Å². The molecule has 0 aliphatic heterocycles. The molecule has 1 aromatic heterocycles. The number of nitrogens with zero attached hydrogens (tertiary/aromatic N) is 1. The third-order valence-corrected chi connectivity index (χ3v) is 3.29. The van der Waals surface area contributed by atoms with Gasteiger partial charge in [-0.05, 0) is 29.7 Å². The van der Waals surface area contributed by atoms with Crippen molar-refractivity contribution in [3.8, 4) is 0 Å². The summed E-state index contributed by atoms with van der Waals surface area (Å²) < 4.78 is 0. The molecule has 0 amide bonds. The molecule has 0 spiro atoms. The van der Waals surface area contributed by atoms with Gasteiger partial charge in [-0.3, -0.25) is 4.98 Å². The third-order valence-electron chi connectivity index (χ3n) is 3.29. The van der Waals surface area contributed by atoms with Crippen LogP contribution in [-0.2, 0) is 6.42 Å². The number of rotatable bonds is 0. The predicted octanol–water partition coefficient (Wildman–Crippen LogP) is 3.15. The SMILES string of the molecule is CC12C=CC=CC1=Cc1ncccc1C2. The zero-order valence-electron chi connectivity index (χ0n) is 8.77. The molecule has 15 heavy (non-hydrogen) atoms. The van der Waals surface area contributed by atoms with Gasteiger partial charge in [0.25, 0.3) is 0 Å². The first-order chi connectivity index (χ1) is 7.28. The summed E-state index contributed by atoms with van der Waals surface area (Å²) in [6.45, 7) is 2.29. The first kappa shape index (κ1) is 8.66. The molecule has 0 saturated heterocycles. The van der Waals surface area contributed by atoms with Crippen molar-refractivity contribution in [3.63, 3.8) is 0 Å². The molecule has 0 saturated carbocycles. The smallest absolute Gasteiger partial charge is 0.0665 e. The molecule has 1 unspecified atom stereocenters. The molecule has 0 bridgehead atoms. The number of aromatic nitrogens is 1. The van der Waals surface area contributed by atoms with E-state index < -0.39 is 0 Å². The third kappa shape index (κ3) is 1.27. The first-order valence-electron chi connectivity index (χ1n) is 5.30. The topological polar surface area (TPSA) is 12.9 Å². The zero-order valence-corrected chi connectivity index (χ0v) is 8.77. The van der Waals surface area contributed by atoms with E-state index in [1.54, 1.807) is 0 Å². The lowest BCUT2D eigenvalue weighted by molar-refractivity contribution is 0.515. The average molecular weight is 195 g/mol. The Balaban J connectivity index is 2.19. The molecule has 74 valence electrons. The molecule has 1 atom stereocenters. The molecule has 2 aliphatic rings. The molecule has 1 heteroatoms. The fourth-order valence-electron chi connectivity index (χ4n) is 2.36. The van der Waals surface area contributed by atoms with Crippen LogP contribution in [-0.4, -0.2) is 4.98 Å². The second kappa shape index (κ2) is 2.93. The summed E-state index contributed by atoms with van der Waals surface area (Å²) in [6, 6.07) is 4.19. The van der Waals surface area contributed by atoms with Crippen molar-refractivity contribution < 1.29 is 0 Å². The summed E-state index contributed by atoms with van der Waals surface area (Å²) in [7, 11) is 0. The largest absolute Gasteiger partial charge is 0.257 e. The second-order valence-corrected chi connectivity index (χ2v) is 4.46. The van der Waals surface area contributed by atoms with E-state index in [2.05, 4.69) is 48.4 Å². The molecule has 3 rings (SSSR count). The van der Waals surface area contributed by atoms with E-state index in [0.717, 1.165) is 12.1 Å². The van der Waals surface area contributed by atoms with Crippen LogP contribution in [0.15, 0.2) is 48.2 Å². The highest BCUT2D eigenvalue weighted by Gasteiger charge is 2.30. The van der Waals surface area contributed by atoms with Crippen LogP contribution in [0, 0.1) is 5.41 Å². The van der Waals surface area contributed by atoms with Gasteiger partial charge >= 0.3 is 0 Å². The van der Waals surface area contributed by atoms with Crippen LogP contribution < -0.4 is 0 Å². The van der Waals surface area contributed by atoms with E-state index in [-0.39, 0.29) is 5.41 Å². The van der Waals surface area contributed by atoms with Gasteiger partial charge in [0.05, 0.1) is 5.69 Å². The number of hydrogen-bond donors (Lipinski definition) is 0. The van der Waals surface area contributed by atoms with E-state index in [1.807, 2.05) is 12.3 Å². The molecular formula is C14H13N. The average Bonchev–Trinajstić information content (AvgIpc) is 2.25. The minimum Gasteiger partial charge on any atom is -0.257 e. The summed E-state index contributed by atoms with van der Waals surface area (Å²) >= 11 is 0. The number of fused-ring (bicyclic) bond motifs is 2. The van der Waals surface area contributed by atoms with Crippen LogP contribution in [0.2, 0.25) is 0 Å². The molecule has 0 N–H and O–H groups in total. The molecule has 0 radical (unpaired) electrons. The van der Waals surface area contributed by atoms with Crippen molar-refractivity contribution in [2.24, 2.45) is 5.41 Å². The van der Waals surface area contributed by atoms with Gasteiger partial charge in [0.1, 0.15) is 0 Å². The number of pyridine rings is 1. The van der Waals surface area contributed by atoms with Crippen molar-refractivity contribution >= 4 is 6.08 Å². The van der Waals surface area contributed by atoms with Crippen LogP contribution in [0.1, 0.15) is 18.2 Å². The quantitative estimate of drug-likeness (QED) is 0.619.